The van der Waals surface area contributed by atoms with Gasteiger partial charge in [0, 0.05) is 4.47 Å². The van der Waals surface area contributed by atoms with Gasteiger partial charge in [-0.1, -0.05) is 29.8 Å². The Balaban J connectivity index is 2.41. The molecule has 0 radical (unpaired) electrons. The SMILES string of the molecule is CC(C)CC1NC(=O)C(C)N(c2cc(Br)ccc2F)C1=O. The molecule has 2 amide bonds. The quantitative estimate of drug-likeness (QED) is 0.905. The van der Waals surface area contributed by atoms with E-state index in [1.54, 1.807) is 13.0 Å². The molecule has 1 aromatic rings. The van der Waals surface area contributed by atoms with Crippen molar-refractivity contribution in [1.82, 2.24) is 5.32 Å². The van der Waals surface area contributed by atoms with E-state index in [-0.39, 0.29) is 23.4 Å². The fourth-order valence-corrected chi connectivity index (χ4v) is 2.81. The number of piperazine rings is 1. The van der Waals surface area contributed by atoms with Gasteiger partial charge >= 0.3 is 0 Å². The van der Waals surface area contributed by atoms with Gasteiger partial charge in [-0.05, 0) is 37.5 Å². The molecule has 1 saturated heterocycles. The molecule has 1 fully saturated rings. The monoisotopic (exact) mass is 356 g/mol. The minimum absolute atomic E-state index is 0.130. The van der Waals surface area contributed by atoms with Crippen LogP contribution in [0.2, 0.25) is 0 Å². The van der Waals surface area contributed by atoms with Crippen molar-refractivity contribution in [2.75, 3.05) is 4.90 Å². The second-order valence-corrected chi connectivity index (χ2v) is 6.59. The number of nitrogens with zero attached hydrogens (tertiary/aromatic N) is 1. The lowest BCUT2D eigenvalue weighted by atomic mass is 9.98. The zero-order chi connectivity index (χ0) is 15.7. The first kappa shape index (κ1) is 15.9. The van der Waals surface area contributed by atoms with Gasteiger partial charge in [-0.2, -0.15) is 0 Å². The predicted octanol–water partition coefficient (Wildman–Crippen LogP) is 2.85. The van der Waals surface area contributed by atoms with E-state index in [0.717, 1.165) is 0 Å². The molecule has 0 aromatic heterocycles. The van der Waals surface area contributed by atoms with Crippen LogP contribution in [-0.4, -0.2) is 23.9 Å². The molecule has 0 bridgehead atoms. The number of rotatable bonds is 3. The molecule has 0 spiro atoms. The van der Waals surface area contributed by atoms with Crippen molar-refractivity contribution in [3.05, 3.63) is 28.5 Å². The van der Waals surface area contributed by atoms with Gasteiger partial charge in [-0.3, -0.25) is 14.5 Å². The van der Waals surface area contributed by atoms with Crippen LogP contribution < -0.4 is 10.2 Å². The summed E-state index contributed by atoms with van der Waals surface area (Å²) in [5.74, 6) is -0.800. The molecule has 1 heterocycles. The van der Waals surface area contributed by atoms with Gasteiger partial charge in [0.2, 0.25) is 11.8 Å². The summed E-state index contributed by atoms with van der Waals surface area (Å²) in [5, 5.41) is 2.72. The fourth-order valence-electron chi connectivity index (χ4n) is 2.46. The van der Waals surface area contributed by atoms with E-state index < -0.39 is 17.9 Å². The van der Waals surface area contributed by atoms with Gasteiger partial charge in [0.05, 0.1) is 5.69 Å². The summed E-state index contributed by atoms with van der Waals surface area (Å²) in [4.78, 5) is 25.9. The maximum Gasteiger partial charge on any atom is 0.250 e. The summed E-state index contributed by atoms with van der Waals surface area (Å²) in [7, 11) is 0. The number of carbonyl (C=O) groups excluding carboxylic acids is 2. The first-order valence-electron chi connectivity index (χ1n) is 6.89. The van der Waals surface area contributed by atoms with Gasteiger partial charge in [0.25, 0.3) is 0 Å². The average Bonchev–Trinajstić information content (AvgIpc) is 2.39. The molecule has 1 aromatic carbocycles. The van der Waals surface area contributed by atoms with Crippen molar-refractivity contribution in [3.8, 4) is 0 Å². The molecule has 1 aliphatic rings. The van der Waals surface area contributed by atoms with Crippen molar-refractivity contribution >= 4 is 33.4 Å². The molecule has 0 saturated carbocycles. The third kappa shape index (κ3) is 3.26. The van der Waals surface area contributed by atoms with E-state index in [0.29, 0.717) is 10.9 Å². The van der Waals surface area contributed by atoms with Gasteiger partial charge < -0.3 is 5.32 Å². The summed E-state index contributed by atoms with van der Waals surface area (Å²) >= 11 is 3.27. The van der Waals surface area contributed by atoms with Crippen molar-refractivity contribution < 1.29 is 14.0 Å². The van der Waals surface area contributed by atoms with Crippen LogP contribution in [-0.2, 0) is 9.59 Å². The van der Waals surface area contributed by atoms with E-state index in [1.807, 2.05) is 13.8 Å². The lowest BCUT2D eigenvalue weighted by molar-refractivity contribution is -0.133. The molecule has 2 unspecified atom stereocenters. The van der Waals surface area contributed by atoms with E-state index in [4.69, 9.17) is 0 Å². The smallest absolute Gasteiger partial charge is 0.250 e. The largest absolute Gasteiger partial charge is 0.342 e. The highest BCUT2D eigenvalue weighted by molar-refractivity contribution is 9.10. The van der Waals surface area contributed by atoms with Crippen molar-refractivity contribution in [2.24, 2.45) is 5.92 Å². The summed E-state index contributed by atoms with van der Waals surface area (Å²) < 4.78 is 14.7. The predicted molar refractivity (Wildman–Crippen MR) is 82.4 cm³/mol. The van der Waals surface area contributed by atoms with Crippen LogP contribution in [0, 0.1) is 11.7 Å². The third-order valence-electron chi connectivity index (χ3n) is 3.49. The third-order valence-corrected chi connectivity index (χ3v) is 3.99. The molecule has 6 heteroatoms. The summed E-state index contributed by atoms with van der Waals surface area (Å²) in [6, 6.07) is 3.03. The van der Waals surface area contributed by atoms with E-state index in [2.05, 4.69) is 21.2 Å². The van der Waals surface area contributed by atoms with Crippen LogP contribution in [0.4, 0.5) is 10.1 Å². The number of carbonyl (C=O) groups is 2. The zero-order valence-corrected chi connectivity index (χ0v) is 13.8. The van der Waals surface area contributed by atoms with E-state index in [9.17, 15) is 14.0 Å². The van der Waals surface area contributed by atoms with E-state index in [1.165, 1.54) is 17.0 Å². The molecule has 0 aliphatic carbocycles. The summed E-state index contributed by atoms with van der Waals surface area (Å²) in [6.07, 6.45) is 0.531. The molecule has 1 aliphatic heterocycles. The fraction of sp³-hybridized carbons (Fsp3) is 0.467. The number of halogens is 2. The molecule has 2 rings (SSSR count). The standard InChI is InChI=1S/C15H18BrFN2O2/c1-8(2)6-12-15(21)19(9(3)14(20)18-12)13-7-10(16)4-5-11(13)17/h4-5,7-9,12H,6H2,1-3H3,(H,18,20). The number of anilines is 1. The topological polar surface area (TPSA) is 49.4 Å². The van der Waals surface area contributed by atoms with Gasteiger partial charge in [-0.15, -0.1) is 0 Å². The minimum Gasteiger partial charge on any atom is -0.342 e. The van der Waals surface area contributed by atoms with Gasteiger partial charge in [0.1, 0.15) is 17.9 Å². The van der Waals surface area contributed by atoms with Gasteiger partial charge in [0.15, 0.2) is 0 Å². The van der Waals surface area contributed by atoms with Crippen LogP contribution in [0.5, 0.6) is 0 Å². The van der Waals surface area contributed by atoms with Crippen LogP contribution in [0.3, 0.4) is 0 Å². The number of benzene rings is 1. The van der Waals surface area contributed by atoms with Crippen LogP contribution in [0.1, 0.15) is 27.2 Å². The Bertz CT molecular complexity index is 577. The highest BCUT2D eigenvalue weighted by atomic mass is 79.9. The molecular weight excluding hydrogens is 339 g/mol. The van der Waals surface area contributed by atoms with Crippen LogP contribution in [0.15, 0.2) is 22.7 Å². The summed E-state index contributed by atoms with van der Waals surface area (Å²) in [6.45, 7) is 5.54. The lowest BCUT2D eigenvalue weighted by Crippen LogP contribution is -2.63. The van der Waals surface area contributed by atoms with Crippen molar-refractivity contribution in [2.45, 2.75) is 39.3 Å². The Morgan fingerprint density at radius 2 is 2.05 bits per heavy atom. The molecular formula is C15H18BrFN2O2. The molecule has 4 nitrogen and oxygen atoms in total. The molecule has 21 heavy (non-hydrogen) atoms. The van der Waals surface area contributed by atoms with E-state index >= 15 is 0 Å². The Labute approximate surface area is 131 Å². The number of amides is 2. The van der Waals surface area contributed by atoms with Crippen LogP contribution in [0.25, 0.3) is 0 Å². The number of nitrogens with one attached hydrogen (secondary N) is 1. The zero-order valence-electron chi connectivity index (χ0n) is 12.2. The second kappa shape index (κ2) is 6.13. The Hall–Kier alpha value is -1.43. The average molecular weight is 357 g/mol. The maximum absolute atomic E-state index is 14.1. The summed E-state index contributed by atoms with van der Waals surface area (Å²) in [5.41, 5.74) is 0.130. The van der Waals surface area contributed by atoms with Gasteiger partial charge in [-0.25, -0.2) is 4.39 Å². The molecule has 1 N–H and O–H groups in total. The number of hydrogen-bond donors (Lipinski definition) is 1. The highest BCUT2D eigenvalue weighted by Crippen LogP contribution is 2.28. The molecule has 114 valence electrons. The Kier molecular flexibility index (Phi) is 4.66. The minimum atomic E-state index is -0.732. The maximum atomic E-state index is 14.1. The first-order chi connectivity index (χ1) is 9.81. The Morgan fingerprint density at radius 3 is 2.67 bits per heavy atom. The normalized spacial score (nSPS) is 22.7. The molecule has 2 atom stereocenters. The second-order valence-electron chi connectivity index (χ2n) is 5.67. The number of hydrogen-bond acceptors (Lipinski definition) is 2. The first-order valence-corrected chi connectivity index (χ1v) is 7.69. The van der Waals surface area contributed by atoms with Crippen LogP contribution >= 0.6 is 15.9 Å². The van der Waals surface area contributed by atoms with Crippen molar-refractivity contribution in [3.63, 3.8) is 0 Å². The Morgan fingerprint density at radius 1 is 1.38 bits per heavy atom. The lowest BCUT2D eigenvalue weighted by Gasteiger charge is -2.38. The van der Waals surface area contributed by atoms with Crippen molar-refractivity contribution in [1.29, 1.82) is 0 Å². The highest BCUT2D eigenvalue weighted by Gasteiger charge is 2.40.